The van der Waals surface area contributed by atoms with E-state index in [9.17, 15) is 17.6 Å². The van der Waals surface area contributed by atoms with Gasteiger partial charge >= 0.3 is 0 Å². The average Bonchev–Trinajstić information content (AvgIpc) is 3.05. The number of sulfone groups is 1. The topological polar surface area (TPSA) is 54.5 Å². The van der Waals surface area contributed by atoms with E-state index >= 15 is 0 Å². The third-order valence-corrected chi connectivity index (χ3v) is 8.11. The highest BCUT2D eigenvalue weighted by molar-refractivity contribution is 7.91. The smallest absolute Gasteiger partial charge is 0.226 e. The highest BCUT2D eigenvalue weighted by atomic mass is 32.2. The molecular formula is C22H32FNO3S. The second kappa shape index (κ2) is 9.38. The van der Waals surface area contributed by atoms with Gasteiger partial charge < -0.3 is 4.90 Å². The molecule has 1 saturated carbocycles. The second-order valence-corrected chi connectivity index (χ2v) is 10.7. The van der Waals surface area contributed by atoms with Crippen molar-refractivity contribution in [3.05, 3.63) is 35.6 Å². The van der Waals surface area contributed by atoms with E-state index in [2.05, 4.69) is 6.92 Å². The summed E-state index contributed by atoms with van der Waals surface area (Å²) in [5, 5.41) is 0. The summed E-state index contributed by atoms with van der Waals surface area (Å²) in [7, 11) is -3.08. The van der Waals surface area contributed by atoms with Gasteiger partial charge in [0.25, 0.3) is 0 Å². The molecule has 0 unspecified atom stereocenters. The minimum atomic E-state index is -3.08. The van der Waals surface area contributed by atoms with Crippen molar-refractivity contribution in [2.45, 2.75) is 70.9 Å². The van der Waals surface area contributed by atoms with Crippen molar-refractivity contribution in [2.75, 3.05) is 11.5 Å². The number of halogens is 1. The zero-order valence-electron chi connectivity index (χ0n) is 16.8. The Morgan fingerprint density at radius 1 is 1.11 bits per heavy atom. The van der Waals surface area contributed by atoms with Gasteiger partial charge in [0.05, 0.1) is 11.5 Å². The Morgan fingerprint density at radius 2 is 1.79 bits per heavy atom. The van der Waals surface area contributed by atoms with Gasteiger partial charge in [-0.25, -0.2) is 12.8 Å². The lowest BCUT2D eigenvalue weighted by Gasteiger charge is -2.35. The Hall–Kier alpha value is -1.43. The van der Waals surface area contributed by atoms with Crippen molar-refractivity contribution in [1.29, 1.82) is 0 Å². The number of unbranched alkanes of at least 4 members (excludes halogenated alkanes) is 1. The fraction of sp³-hybridized carbons (Fsp3) is 0.682. The molecule has 4 nitrogen and oxygen atoms in total. The Bertz CT molecular complexity index is 754. The molecule has 1 amide bonds. The summed E-state index contributed by atoms with van der Waals surface area (Å²) in [6.07, 6.45) is 8.17. The van der Waals surface area contributed by atoms with E-state index in [0.29, 0.717) is 13.0 Å². The molecule has 0 spiro atoms. The van der Waals surface area contributed by atoms with Crippen molar-refractivity contribution in [3.8, 4) is 0 Å². The molecule has 2 fully saturated rings. The highest BCUT2D eigenvalue weighted by Gasteiger charge is 2.38. The van der Waals surface area contributed by atoms with Gasteiger partial charge in [-0.2, -0.15) is 0 Å². The van der Waals surface area contributed by atoms with Gasteiger partial charge in [-0.1, -0.05) is 38.3 Å². The van der Waals surface area contributed by atoms with Crippen LogP contribution in [0.5, 0.6) is 0 Å². The number of carbonyl (C=O) groups is 1. The maximum Gasteiger partial charge on any atom is 0.226 e. The number of amides is 1. The monoisotopic (exact) mass is 409 g/mol. The molecule has 1 aromatic carbocycles. The largest absolute Gasteiger partial charge is 0.334 e. The summed E-state index contributed by atoms with van der Waals surface area (Å²) >= 11 is 0. The SMILES string of the molecule is CCCCC1CCC(C(=O)N(Cc2ccc(F)cc2)[C@H]2CCS(=O)(=O)C2)CC1. The first-order chi connectivity index (χ1) is 13.4. The maximum atomic E-state index is 13.3. The zero-order chi connectivity index (χ0) is 20.1. The van der Waals surface area contributed by atoms with E-state index in [4.69, 9.17) is 0 Å². The van der Waals surface area contributed by atoms with Crippen molar-refractivity contribution in [1.82, 2.24) is 4.90 Å². The molecular weight excluding hydrogens is 377 g/mol. The predicted octanol–water partition coefficient (Wildman–Crippen LogP) is 4.34. The minimum absolute atomic E-state index is 0.0124. The van der Waals surface area contributed by atoms with E-state index in [-0.39, 0.29) is 35.2 Å². The lowest BCUT2D eigenvalue weighted by Crippen LogP contribution is -2.44. The van der Waals surface area contributed by atoms with Gasteiger partial charge in [0, 0.05) is 18.5 Å². The van der Waals surface area contributed by atoms with Crippen LogP contribution in [-0.4, -0.2) is 36.8 Å². The van der Waals surface area contributed by atoms with Crippen LogP contribution < -0.4 is 0 Å². The molecule has 0 bridgehead atoms. The summed E-state index contributed by atoms with van der Waals surface area (Å²) in [5.41, 5.74) is 0.843. The quantitative estimate of drug-likeness (QED) is 0.673. The van der Waals surface area contributed by atoms with Gasteiger partial charge in [0.15, 0.2) is 9.84 Å². The van der Waals surface area contributed by atoms with Crippen LogP contribution in [0.1, 0.15) is 63.9 Å². The van der Waals surface area contributed by atoms with Gasteiger partial charge in [-0.05, 0) is 55.7 Å². The molecule has 1 aliphatic carbocycles. The van der Waals surface area contributed by atoms with Gasteiger partial charge in [0.1, 0.15) is 5.82 Å². The van der Waals surface area contributed by atoms with Crippen molar-refractivity contribution < 1.29 is 17.6 Å². The lowest BCUT2D eigenvalue weighted by molar-refractivity contribution is -0.139. The number of carbonyl (C=O) groups excluding carboxylic acids is 1. The van der Waals surface area contributed by atoms with Crippen LogP contribution in [0.3, 0.4) is 0 Å². The minimum Gasteiger partial charge on any atom is -0.334 e. The average molecular weight is 410 g/mol. The fourth-order valence-electron chi connectivity index (χ4n) is 4.62. The van der Waals surface area contributed by atoms with Crippen LogP contribution in [0.25, 0.3) is 0 Å². The standard InChI is InChI=1S/C22H32FNO3S/c1-2-3-4-17-5-9-19(10-6-17)22(25)24(21-13-14-28(26,27)16-21)15-18-7-11-20(23)12-8-18/h7-8,11-12,17,19,21H,2-6,9-10,13-16H2,1H3/t17?,19?,21-/m0/s1. The van der Waals surface area contributed by atoms with Crippen LogP contribution in [0.4, 0.5) is 4.39 Å². The molecule has 1 aromatic rings. The van der Waals surface area contributed by atoms with E-state index < -0.39 is 9.84 Å². The number of hydrogen-bond acceptors (Lipinski definition) is 3. The highest BCUT2D eigenvalue weighted by Crippen LogP contribution is 2.34. The number of benzene rings is 1. The van der Waals surface area contributed by atoms with E-state index in [0.717, 1.165) is 37.2 Å². The van der Waals surface area contributed by atoms with Crippen LogP contribution in [0.15, 0.2) is 24.3 Å². The maximum absolute atomic E-state index is 13.3. The number of hydrogen-bond donors (Lipinski definition) is 0. The molecule has 28 heavy (non-hydrogen) atoms. The molecule has 0 aromatic heterocycles. The van der Waals surface area contributed by atoms with E-state index in [1.54, 1.807) is 17.0 Å². The summed E-state index contributed by atoms with van der Waals surface area (Å²) in [6, 6.07) is 5.88. The van der Waals surface area contributed by atoms with Crippen molar-refractivity contribution in [2.24, 2.45) is 11.8 Å². The molecule has 3 rings (SSSR count). The van der Waals surface area contributed by atoms with E-state index in [1.165, 1.54) is 31.4 Å². The third-order valence-electron chi connectivity index (χ3n) is 6.36. The number of nitrogens with zero attached hydrogens (tertiary/aromatic N) is 1. The summed E-state index contributed by atoms with van der Waals surface area (Å²) in [5.74, 6) is 0.680. The summed E-state index contributed by atoms with van der Waals surface area (Å²) < 4.78 is 37.2. The van der Waals surface area contributed by atoms with Gasteiger partial charge in [-0.15, -0.1) is 0 Å². The Morgan fingerprint density at radius 3 is 2.36 bits per heavy atom. The normalized spacial score (nSPS) is 26.9. The molecule has 1 aliphatic heterocycles. The Kier molecular flexibility index (Phi) is 7.13. The molecule has 1 saturated heterocycles. The first kappa shape index (κ1) is 21.3. The molecule has 156 valence electrons. The molecule has 1 atom stereocenters. The molecule has 6 heteroatoms. The Balaban J connectivity index is 1.69. The first-order valence-electron chi connectivity index (χ1n) is 10.6. The first-order valence-corrected chi connectivity index (χ1v) is 12.5. The molecule has 2 aliphatic rings. The predicted molar refractivity (Wildman–Crippen MR) is 109 cm³/mol. The fourth-order valence-corrected chi connectivity index (χ4v) is 6.35. The van der Waals surface area contributed by atoms with Gasteiger partial charge in [0.2, 0.25) is 5.91 Å². The van der Waals surface area contributed by atoms with Gasteiger partial charge in [-0.3, -0.25) is 4.79 Å². The lowest BCUT2D eigenvalue weighted by atomic mass is 9.79. The molecule has 0 radical (unpaired) electrons. The molecule has 0 N–H and O–H groups in total. The summed E-state index contributed by atoms with van der Waals surface area (Å²) in [4.78, 5) is 15.1. The summed E-state index contributed by atoms with van der Waals surface area (Å²) in [6.45, 7) is 2.56. The van der Waals surface area contributed by atoms with Crippen molar-refractivity contribution >= 4 is 15.7 Å². The molecule has 1 heterocycles. The van der Waals surface area contributed by atoms with Crippen LogP contribution in [0, 0.1) is 17.7 Å². The third kappa shape index (κ3) is 5.56. The van der Waals surface area contributed by atoms with E-state index in [1.807, 2.05) is 0 Å². The van der Waals surface area contributed by atoms with Crippen molar-refractivity contribution in [3.63, 3.8) is 0 Å². The Labute approximate surface area is 168 Å². The second-order valence-electron chi connectivity index (χ2n) is 8.51. The zero-order valence-corrected chi connectivity index (χ0v) is 17.6. The van der Waals surface area contributed by atoms with Crippen LogP contribution >= 0.6 is 0 Å². The van der Waals surface area contributed by atoms with Crippen LogP contribution in [0.2, 0.25) is 0 Å². The van der Waals surface area contributed by atoms with Crippen LogP contribution in [-0.2, 0) is 21.2 Å². The number of rotatable bonds is 7.